The van der Waals surface area contributed by atoms with Gasteiger partial charge < -0.3 is 29.8 Å². The highest BCUT2D eigenvalue weighted by Gasteiger charge is 2.29. The molecule has 1 saturated heterocycles. The Balaban J connectivity index is 1.42. The summed E-state index contributed by atoms with van der Waals surface area (Å²) in [4.78, 5) is 32.1. The van der Waals surface area contributed by atoms with Gasteiger partial charge in [0.2, 0.25) is 11.8 Å². The van der Waals surface area contributed by atoms with Crippen molar-refractivity contribution in [3.63, 3.8) is 0 Å². The number of oxazole rings is 1. The lowest BCUT2D eigenvalue weighted by molar-refractivity contribution is -0.123. The molecule has 1 aromatic heterocycles. The largest absolute Gasteiger partial charge is 0.489 e. The minimum atomic E-state index is -1.04. The summed E-state index contributed by atoms with van der Waals surface area (Å²) in [5.74, 6) is -1.07. The number of aromatic nitrogens is 1. The van der Waals surface area contributed by atoms with E-state index in [-0.39, 0.29) is 24.8 Å². The zero-order valence-corrected chi connectivity index (χ0v) is 24.3. The molecule has 2 aromatic carbocycles. The van der Waals surface area contributed by atoms with Crippen LogP contribution in [0.15, 0.2) is 47.2 Å². The van der Waals surface area contributed by atoms with Gasteiger partial charge in [-0.15, -0.1) is 0 Å². The molecular formula is C32H38F2N4O5. The molecule has 2 aliphatic rings. The van der Waals surface area contributed by atoms with E-state index in [1.165, 1.54) is 24.6 Å². The number of nitrogens with zero attached hydrogens (tertiary/aromatic N) is 2. The number of anilines is 1. The van der Waals surface area contributed by atoms with Crippen LogP contribution in [-0.2, 0) is 11.2 Å². The quantitative estimate of drug-likeness (QED) is 0.276. The van der Waals surface area contributed by atoms with Crippen molar-refractivity contribution in [1.82, 2.24) is 15.6 Å². The lowest BCUT2D eigenvalue weighted by Gasteiger charge is -2.33. The highest BCUT2D eigenvalue weighted by molar-refractivity contribution is 5.98. The molecule has 0 aliphatic carbocycles. The van der Waals surface area contributed by atoms with Gasteiger partial charge in [0.15, 0.2) is 5.75 Å². The first-order chi connectivity index (χ1) is 20.8. The molecule has 3 N–H and O–H groups in total. The molecule has 1 fully saturated rings. The van der Waals surface area contributed by atoms with Gasteiger partial charge in [0, 0.05) is 30.6 Å². The number of aliphatic hydroxyl groups excluding tert-OH is 1. The second-order valence-corrected chi connectivity index (χ2v) is 11.3. The Kier molecular flexibility index (Phi) is 9.91. The van der Waals surface area contributed by atoms with E-state index in [0.717, 1.165) is 44.0 Å². The number of carbonyl (C=O) groups excluding carboxylic acids is 2. The number of unbranched alkanes of at least 4 members (excludes halogenated alkanes) is 1. The van der Waals surface area contributed by atoms with E-state index in [1.54, 1.807) is 12.1 Å². The van der Waals surface area contributed by atoms with Crippen molar-refractivity contribution in [1.29, 1.82) is 0 Å². The van der Waals surface area contributed by atoms with E-state index in [0.29, 0.717) is 54.3 Å². The standard InChI is InChI=1S/C32H38F2N4O5/c1-2-3-10-38-11-13-42-30-25(32-35-9-12-43-32)17-21(18-27(30)38)31(41)37-26(16-20-14-22(33)19-23(34)15-20)28(39)8-7-24-5-4-6-29(40)36-24/h9,12,14-15,17-19,24,26,28,39H,2-8,10-11,13,16H2,1H3,(H,36,40)(H,37,41). The van der Waals surface area contributed by atoms with Crippen LogP contribution >= 0.6 is 0 Å². The summed E-state index contributed by atoms with van der Waals surface area (Å²) in [5, 5.41) is 17.1. The topological polar surface area (TPSA) is 117 Å². The zero-order chi connectivity index (χ0) is 30.3. The number of ether oxygens (including phenoxy) is 1. The summed E-state index contributed by atoms with van der Waals surface area (Å²) < 4.78 is 39.7. The molecular weight excluding hydrogens is 558 g/mol. The molecule has 43 heavy (non-hydrogen) atoms. The fraction of sp³-hybridized carbons (Fsp3) is 0.469. The van der Waals surface area contributed by atoms with Crippen LogP contribution in [-0.4, -0.2) is 59.8 Å². The Hall–Kier alpha value is -3.99. The van der Waals surface area contributed by atoms with E-state index in [9.17, 15) is 23.5 Å². The summed E-state index contributed by atoms with van der Waals surface area (Å²) in [5.41, 5.74) is 1.89. The number of fused-ring (bicyclic) bond motifs is 1. The Morgan fingerprint density at radius 3 is 2.77 bits per heavy atom. The van der Waals surface area contributed by atoms with Crippen LogP contribution in [0.5, 0.6) is 5.75 Å². The number of benzene rings is 2. The van der Waals surface area contributed by atoms with Gasteiger partial charge in [0.25, 0.3) is 5.91 Å². The Labute approximate surface area is 249 Å². The van der Waals surface area contributed by atoms with Crippen molar-refractivity contribution in [3.05, 3.63) is 65.6 Å². The number of nitrogens with one attached hydrogen (secondary N) is 2. The zero-order valence-electron chi connectivity index (χ0n) is 24.3. The third kappa shape index (κ3) is 7.70. The average Bonchev–Trinajstić information content (AvgIpc) is 3.52. The van der Waals surface area contributed by atoms with E-state index in [4.69, 9.17) is 9.15 Å². The van der Waals surface area contributed by atoms with Gasteiger partial charge in [-0.05, 0) is 68.4 Å². The highest BCUT2D eigenvalue weighted by atomic mass is 19.1. The second kappa shape index (κ2) is 14.0. The molecule has 0 radical (unpaired) electrons. The number of carbonyl (C=O) groups is 2. The SMILES string of the molecule is CCCCN1CCOc2c(-c3ncco3)cc(C(=O)NC(Cc3cc(F)cc(F)c3)C(O)CCC3CCCC(=O)N3)cc21. The number of hydrogen-bond donors (Lipinski definition) is 3. The molecule has 3 aromatic rings. The van der Waals surface area contributed by atoms with Crippen molar-refractivity contribution >= 4 is 17.5 Å². The maximum Gasteiger partial charge on any atom is 0.251 e. The van der Waals surface area contributed by atoms with Gasteiger partial charge in [-0.2, -0.15) is 0 Å². The number of halogens is 2. The monoisotopic (exact) mass is 596 g/mol. The molecule has 2 amide bonds. The summed E-state index contributed by atoms with van der Waals surface area (Å²) in [6.07, 6.45) is 6.75. The van der Waals surface area contributed by atoms with Crippen LogP contribution in [0.1, 0.15) is 67.8 Å². The number of amides is 2. The molecule has 9 nitrogen and oxygen atoms in total. The maximum absolute atomic E-state index is 14.0. The Morgan fingerprint density at radius 1 is 1.23 bits per heavy atom. The molecule has 3 atom stereocenters. The molecule has 3 heterocycles. The van der Waals surface area contributed by atoms with Crippen molar-refractivity contribution < 1.29 is 32.6 Å². The summed E-state index contributed by atoms with van der Waals surface area (Å²) in [6.45, 7) is 4.04. The minimum absolute atomic E-state index is 0.00187. The van der Waals surface area contributed by atoms with Crippen LogP contribution in [0, 0.1) is 11.6 Å². The molecule has 11 heteroatoms. The third-order valence-corrected chi connectivity index (χ3v) is 8.02. The van der Waals surface area contributed by atoms with E-state index in [2.05, 4.69) is 27.4 Å². The van der Waals surface area contributed by atoms with E-state index >= 15 is 0 Å². The molecule has 3 unspecified atom stereocenters. The molecule has 5 rings (SSSR count). The van der Waals surface area contributed by atoms with Crippen molar-refractivity contribution in [2.45, 2.75) is 76.5 Å². The van der Waals surface area contributed by atoms with Crippen molar-refractivity contribution in [3.8, 4) is 17.2 Å². The number of piperidine rings is 1. The third-order valence-electron chi connectivity index (χ3n) is 8.02. The fourth-order valence-electron chi connectivity index (χ4n) is 5.79. The Bertz CT molecular complexity index is 1400. The second-order valence-electron chi connectivity index (χ2n) is 11.3. The van der Waals surface area contributed by atoms with Gasteiger partial charge in [-0.3, -0.25) is 9.59 Å². The summed E-state index contributed by atoms with van der Waals surface area (Å²) >= 11 is 0. The summed E-state index contributed by atoms with van der Waals surface area (Å²) in [6, 6.07) is 5.64. The van der Waals surface area contributed by atoms with Crippen molar-refractivity contribution in [2.75, 3.05) is 24.6 Å². The predicted octanol–water partition coefficient (Wildman–Crippen LogP) is 4.77. The first-order valence-electron chi connectivity index (χ1n) is 15.0. The van der Waals surface area contributed by atoms with Crippen LogP contribution in [0.3, 0.4) is 0 Å². The number of hydrogen-bond acceptors (Lipinski definition) is 7. The molecule has 230 valence electrons. The first kappa shape index (κ1) is 30.5. The van der Waals surface area contributed by atoms with Crippen LogP contribution in [0.25, 0.3) is 11.5 Å². The molecule has 0 saturated carbocycles. The number of aliphatic hydroxyl groups is 1. The van der Waals surface area contributed by atoms with Gasteiger partial charge >= 0.3 is 0 Å². The smallest absolute Gasteiger partial charge is 0.251 e. The van der Waals surface area contributed by atoms with Gasteiger partial charge in [-0.1, -0.05) is 13.3 Å². The normalized spacial score (nSPS) is 17.9. The van der Waals surface area contributed by atoms with Crippen molar-refractivity contribution in [2.24, 2.45) is 0 Å². The predicted molar refractivity (Wildman–Crippen MR) is 157 cm³/mol. The fourth-order valence-corrected chi connectivity index (χ4v) is 5.79. The molecule has 0 bridgehead atoms. The first-order valence-corrected chi connectivity index (χ1v) is 15.0. The van der Waals surface area contributed by atoms with Crippen LogP contribution < -0.4 is 20.3 Å². The minimum Gasteiger partial charge on any atom is -0.489 e. The van der Waals surface area contributed by atoms with Crippen LogP contribution in [0.2, 0.25) is 0 Å². The lowest BCUT2D eigenvalue weighted by atomic mass is 9.93. The maximum atomic E-state index is 14.0. The molecule has 0 spiro atoms. The molecule has 2 aliphatic heterocycles. The summed E-state index contributed by atoms with van der Waals surface area (Å²) in [7, 11) is 0. The number of rotatable bonds is 12. The van der Waals surface area contributed by atoms with Crippen LogP contribution in [0.4, 0.5) is 14.5 Å². The lowest BCUT2D eigenvalue weighted by Crippen LogP contribution is -2.46. The van der Waals surface area contributed by atoms with Gasteiger partial charge in [0.1, 0.15) is 24.5 Å². The highest BCUT2D eigenvalue weighted by Crippen LogP contribution is 2.41. The van der Waals surface area contributed by atoms with Gasteiger partial charge in [0.05, 0.1) is 36.1 Å². The van der Waals surface area contributed by atoms with Gasteiger partial charge in [-0.25, -0.2) is 13.8 Å². The average molecular weight is 597 g/mol. The van der Waals surface area contributed by atoms with E-state index in [1.807, 2.05) is 0 Å². The van der Waals surface area contributed by atoms with E-state index < -0.39 is 29.7 Å². The Morgan fingerprint density at radius 2 is 2.05 bits per heavy atom.